The van der Waals surface area contributed by atoms with Crippen molar-refractivity contribution in [3.05, 3.63) is 0 Å². The number of guanidine groups is 1. The topological polar surface area (TPSA) is 54.9 Å². The van der Waals surface area contributed by atoms with Gasteiger partial charge in [0.05, 0.1) is 6.10 Å². The van der Waals surface area contributed by atoms with Crippen molar-refractivity contribution >= 4 is 29.9 Å². The van der Waals surface area contributed by atoms with Gasteiger partial charge in [-0.3, -0.25) is 4.99 Å². The molecule has 2 aliphatic rings. The summed E-state index contributed by atoms with van der Waals surface area (Å²) in [5.41, 5.74) is 0.349. The number of hydrogen-bond donors (Lipinski definition) is 2. The van der Waals surface area contributed by atoms with E-state index >= 15 is 0 Å². The van der Waals surface area contributed by atoms with E-state index in [1.807, 2.05) is 0 Å². The Labute approximate surface area is 164 Å². The maximum Gasteiger partial charge on any atom is 0.191 e. The first-order valence-corrected chi connectivity index (χ1v) is 9.49. The molecule has 1 heterocycles. The van der Waals surface area contributed by atoms with Gasteiger partial charge in [-0.1, -0.05) is 12.8 Å². The summed E-state index contributed by atoms with van der Waals surface area (Å²) >= 11 is 0. The molecule has 0 amide bonds. The highest BCUT2D eigenvalue weighted by Gasteiger charge is 2.33. The fourth-order valence-corrected chi connectivity index (χ4v) is 3.65. The molecule has 1 saturated carbocycles. The number of aliphatic imine (C=N–C) groups is 1. The highest BCUT2D eigenvalue weighted by molar-refractivity contribution is 14.0. The van der Waals surface area contributed by atoms with E-state index in [1.165, 1.54) is 32.1 Å². The average Bonchev–Trinajstić information content (AvgIpc) is 3.23. The first-order valence-electron chi connectivity index (χ1n) is 9.49. The van der Waals surface area contributed by atoms with E-state index < -0.39 is 0 Å². The zero-order chi connectivity index (χ0) is 16.4. The van der Waals surface area contributed by atoms with Crippen LogP contribution in [0, 0.1) is 5.41 Å². The third-order valence-corrected chi connectivity index (χ3v) is 5.08. The third-order valence-electron chi connectivity index (χ3n) is 5.08. The van der Waals surface area contributed by atoms with Gasteiger partial charge in [0.2, 0.25) is 0 Å². The Morgan fingerprint density at radius 1 is 1.21 bits per heavy atom. The summed E-state index contributed by atoms with van der Waals surface area (Å²) in [6.07, 6.45) is 9.06. The van der Waals surface area contributed by atoms with Crippen LogP contribution < -0.4 is 10.6 Å². The summed E-state index contributed by atoms with van der Waals surface area (Å²) in [6.45, 7) is 9.42. The van der Waals surface area contributed by atoms with Crippen LogP contribution in [0.5, 0.6) is 0 Å². The Balaban J connectivity index is 0.00000288. The quantitative estimate of drug-likeness (QED) is 0.244. The monoisotopic (exact) mass is 453 g/mol. The van der Waals surface area contributed by atoms with E-state index in [-0.39, 0.29) is 24.0 Å². The van der Waals surface area contributed by atoms with Crippen molar-refractivity contribution in [1.29, 1.82) is 0 Å². The van der Waals surface area contributed by atoms with Crippen molar-refractivity contribution in [2.75, 3.05) is 39.5 Å². The fraction of sp³-hybridized carbons (Fsp3) is 0.944. The molecule has 0 aromatic rings. The molecule has 0 radical (unpaired) electrons. The van der Waals surface area contributed by atoms with Crippen LogP contribution in [0.2, 0.25) is 0 Å². The predicted molar refractivity (Wildman–Crippen MR) is 110 cm³/mol. The highest BCUT2D eigenvalue weighted by Crippen LogP contribution is 2.41. The SMILES string of the molecule is CCNC(=NCC1(CCOCC)CCCC1)NCC1CCCO1.I. The van der Waals surface area contributed by atoms with E-state index in [4.69, 9.17) is 14.5 Å². The number of halogens is 1. The lowest BCUT2D eigenvalue weighted by Crippen LogP contribution is -2.41. The van der Waals surface area contributed by atoms with Crippen molar-refractivity contribution in [2.45, 2.75) is 64.9 Å². The van der Waals surface area contributed by atoms with E-state index in [2.05, 4.69) is 24.5 Å². The first kappa shape index (κ1) is 22.0. The van der Waals surface area contributed by atoms with Gasteiger partial charge in [-0.2, -0.15) is 0 Å². The van der Waals surface area contributed by atoms with Crippen LogP contribution in [0.4, 0.5) is 0 Å². The van der Waals surface area contributed by atoms with Crippen molar-refractivity contribution in [3.63, 3.8) is 0 Å². The summed E-state index contributed by atoms with van der Waals surface area (Å²) in [5.74, 6) is 0.936. The lowest BCUT2D eigenvalue weighted by atomic mass is 9.83. The van der Waals surface area contributed by atoms with Gasteiger partial charge in [0.1, 0.15) is 0 Å². The van der Waals surface area contributed by atoms with Gasteiger partial charge in [-0.25, -0.2) is 0 Å². The van der Waals surface area contributed by atoms with E-state index in [0.29, 0.717) is 11.5 Å². The Kier molecular flexibility index (Phi) is 11.3. The smallest absolute Gasteiger partial charge is 0.191 e. The molecule has 0 aromatic heterocycles. The molecule has 0 aromatic carbocycles. The second-order valence-electron chi connectivity index (χ2n) is 6.87. The van der Waals surface area contributed by atoms with Crippen LogP contribution in [-0.2, 0) is 9.47 Å². The van der Waals surface area contributed by atoms with Crippen LogP contribution in [0.3, 0.4) is 0 Å². The molecule has 142 valence electrons. The number of nitrogens with zero attached hydrogens (tertiary/aromatic N) is 1. The molecule has 1 aliphatic heterocycles. The minimum absolute atomic E-state index is 0. The van der Waals surface area contributed by atoms with Crippen LogP contribution in [0.25, 0.3) is 0 Å². The molecule has 1 aliphatic carbocycles. The number of rotatable bonds is 9. The van der Waals surface area contributed by atoms with Gasteiger partial charge < -0.3 is 20.1 Å². The number of hydrogen-bond acceptors (Lipinski definition) is 3. The molecule has 0 spiro atoms. The highest BCUT2D eigenvalue weighted by atomic mass is 127. The molecular weight excluding hydrogens is 417 g/mol. The summed E-state index contributed by atoms with van der Waals surface area (Å²) in [6, 6.07) is 0. The van der Waals surface area contributed by atoms with Gasteiger partial charge in [-0.15, -0.1) is 24.0 Å². The van der Waals surface area contributed by atoms with Crippen molar-refractivity contribution < 1.29 is 9.47 Å². The Hall–Kier alpha value is -0.0800. The summed E-state index contributed by atoms with van der Waals surface area (Å²) < 4.78 is 11.3. The summed E-state index contributed by atoms with van der Waals surface area (Å²) in [7, 11) is 0. The number of ether oxygens (including phenoxy) is 2. The van der Waals surface area contributed by atoms with E-state index in [0.717, 1.165) is 58.3 Å². The molecule has 24 heavy (non-hydrogen) atoms. The molecule has 1 atom stereocenters. The van der Waals surface area contributed by atoms with Crippen molar-refractivity contribution in [2.24, 2.45) is 10.4 Å². The molecule has 0 bridgehead atoms. The van der Waals surface area contributed by atoms with Gasteiger partial charge in [0.15, 0.2) is 5.96 Å². The molecule has 1 unspecified atom stereocenters. The van der Waals surface area contributed by atoms with Crippen LogP contribution in [0.1, 0.15) is 58.8 Å². The molecule has 2 N–H and O–H groups in total. The van der Waals surface area contributed by atoms with Crippen LogP contribution in [0.15, 0.2) is 4.99 Å². The lowest BCUT2D eigenvalue weighted by Gasteiger charge is -2.27. The molecule has 6 heteroatoms. The van der Waals surface area contributed by atoms with Gasteiger partial charge >= 0.3 is 0 Å². The normalized spacial score (nSPS) is 23.1. The van der Waals surface area contributed by atoms with E-state index in [9.17, 15) is 0 Å². The second-order valence-corrected chi connectivity index (χ2v) is 6.87. The van der Waals surface area contributed by atoms with Gasteiger partial charge in [0, 0.05) is 39.5 Å². The summed E-state index contributed by atoms with van der Waals surface area (Å²) in [5, 5.41) is 6.82. The molecule has 1 saturated heterocycles. The Morgan fingerprint density at radius 3 is 2.62 bits per heavy atom. The zero-order valence-electron chi connectivity index (χ0n) is 15.4. The molecule has 2 fully saturated rings. The van der Waals surface area contributed by atoms with Crippen LogP contribution >= 0.6 is 24.0 Å². The maximum atomic E-state index is 5.68. The molecule has 2 rings (SSSR count). The first-order chi connectivity index (χ1) is 11.3. The molecular formula is C18H36IN3O2. The number of nitrogens with one attached hydrogen (secondary N) is 2. The van der Waals surface area contributed by atoms with Gasteiger partial charge in [-0.05, 0) is 51.4 Å². The maximum absolute atomic E-state index is 5.68. The van der Waals surface area contributed by atoms with Gasteiger partial charge in [0.25, 0.3) is 0 Å². The predicted octanol–water partition coefficient (Wildman–Crippen LogP) is 3.33. The Bertz CT molecular complexity index is 354. The minimum atomic E-state index is 0. The average molecular weight is 453 g/mol. The minimum Gasteiger partial charge on any atom is -0.382 e. The third kappa shape index (κ3) is 7.44. The Morgan fingerprint density at radius 2 is 2.00 bits per heavy atom. The van der Waals surface area contributed by atoms with Crippen molar-refractivity contribution in [1.82, 2.24) is 10.6 Å². The standard InChI is InChI=1S/C18H35N3O2.HI/c1-3-19-17(20-14-16-8-7-12-23-16)21-15-18(9-5-6-10-18)11-13-22-4-2;/h16H,3-15H2,1-2H3,(H2,19,20,21);1H. The van der Waals surface area contributed by atoms with Crippen molar-refractivity contribution in [3.8, 4) is 0 Å². The lowest BCUT2D eigenvalue weighted by molar-refractivity contribution is 0.106. The molecule has 5 nitrogen and oxygen atoms in total. The second kappa shape index (κ2) is 12.3. The largest absolute Gasteiger partial charge is 0.382 e. The van der Waals surface area contributed by atoms with Crippen LogP contribution in [-0.4, -0.2) is 51.5 Å². The zero-order valence-corrected chi connectivity index (χ0v) is 17.8. The van der Waals surface area contributed by atoms with E-state index in [1.54, 1.807) is 0 Å². The summed E-state index contributed by atoms with van der Waals surface area (Å²) in [4.78, 5) is 4.89. The fourth-order valence-electron chi connectivity index (χ4n) is 3.65.